The van der Waals surface area contributed by atoms with Crippen LogP contribution in [0, 0.1) is 5.92 Å². The van der Waals surface area contributed by atoms with Crippen LogP contribution in [0.1, 0.15) is 33.6 Å². The molecule has 6 heteroatoms. The minimum Gasteiger partial charge on any atom is -0.354 e. The number of Topliss-reactive ketones (excluding diaryl/α,β-unsaturated/α-hetero) is 1. The lowest BCUT2D eigenvalue weighted by Crippen LogP contribution is -2.35. The molecule has 0 atom stereocenters. The maximum absolute atomic E-state index is 11.4. The molecule has 5 nitrogen and oxygen atoms in total. The van der Waals surface area contributed by atoms with E-state index in [1.54, 1.807) is 6.92 Å². The molecule has 0 aliphatic rings. The van der Waals surface area contributed by atoms with Crippen molar-refractivity contribution in [2.24, 2.45) is 5.92 Å². The molecule has 0 bridgehead atoms. The molecule has 0 heterocycles. The van der Waals surface area contributed by atoms with Gasteiger partial charge in [0.25, 0.3) is 0 Å². The van der Waals surface area contributed by atoms with Gasteiger partial charge in [0.15, 0.2) is 0 Å². The van der Waals surface area contributed by atoms with Crippen molar-refractivity contribution in [2.75, 3.05) is 24.6 Å². The average molecular weight is 288 g/mol. The summed E-state index contributed by atoms with van der Waals surface area (Å²) in [5.74, 6) is 1.25. The highest BCUT2D eigenvalue weighted by Crippen LogP contribution is 2.06. The van der Waals surface area contributed by atoms with Crippen LogP contribution in [0.25, 0.3) is 0 Å². The van der Waals surface area contributed by atoms with Crippen LogP contribution >= 0.6 is 11.8 Å². The van der Waals surface area contributed by atoms with Crippen LogP contribution in [0.2, 0.25) is 0 Å². The SMILES string of the molecule is CCC(=O)NCCNC(=O)CSCCC(=O)C(C)C. The Bertz CT molecular complexity index is 306. The number of carbonyl (C=O) groups excluding carboxylic acids is 3. The molecule has 0 radical (unpaired) electrons. The summed E-state index contributed by atoms with van der Waals surface area (Å²) in [5, 5.41) is 5.39. The third kappa shape index (κ3) is 10.6. The van der Waals surface area contributed by atoms with Gasteiger partial charge in [-0.2, -0.15) is 11.8 Å². The van der Waals surface area contributed by atoms with Gasteiger partial charge in [-0.15, -0.1) is 0 Å². The molecule has 0 saturated carbocycles. The lowest BCUT2D eigenvalue weighted by Gasteiger charge is -2.06. The standard InChI is InChI=1S/C13H24N2O3S/c1-4-12(17)14-6-7-15-13(18)9-19-8-5-11(16)10(2)3/h10H,4-9H2,1-3H3,(H,14,17)(H,15,18). The lowest BCUT2D eigenvalue weighted by molar-refractivity contribution is -0.122. The van der Waals surface area contributed by atoms with Gasteiger partial charge in [-0.3, -0.25) is 14.4 Å². The van der Waals surface area contributed by atoms with Gasteiger partial charge in [0.1, 0.15) is 5.78 Å². The second kappa shape index (κ2) is 10.8. The molecule has 0 aromatic carbocycles. The number of hydrogen-bond acceptors (Lipinski definition) is 4. The Labute approximate surface area is 119 Å². The average Bonchev–Trinajstić information content (AvgIpc) is 2.38. The number of hydrogen-bond donors (Lipinski definition) is 2. The zero-order valence-electron chi connectivity index (χ0n) is 12.0. The van der Waals surface area contributed by atoms with E-state index in [-0.39, 0.29) is 23.5 Å². The molecule has 0 aliphatic carbocycles. The fourth-order valence-corrected chi connectivity index (χ4v) is 1.98. The fraction of sp³-hybridized carbons (Fsp3) is 0.769. The lowest BCUT2D eigenvalue weighted by atomic mass is 10.1. The number of amides is 2. The Morgan fingerprint density at radius 1 is 1.05 bits per heavy atom. The molecule has 2 amide bonds. The smallest absolute Gasteiger partial charge is 0.230 e. The van der Waals surface area contributed by atoms with Crippen molar-refractivity contribution in [2.45, 2.75) is 33.6 Å². The van der Waals surface area contributed by atoms with Crippen LogP contribution in [-0.2, 0) is 14.4 Å². The predicted octanol–water partition coefficient (Wildman–Crippen LogP) is 0.977. The molecule has 2 N–H and O–H groups in total. The summed E-state index contributed by atoms with van der Waals surface area (Å²) < 4.78 is 0. The Morgan fingerprint density at radius 2 is 1.63 bits per heavy atom. The summed E-state index contributed by atoms with van der Waals surface area (Å²) in [4.78, 5) is 33.7. The second-order valence-corrected chi connectivity index (χ2v) is 5.58. The molecule has 0 aliphatic heterocycles. The van der Waals surface area contributed by atoms with E-state index in [4.69, 9.17) is 0 Å². The van der Waals surface area contributed by atoms with Crippen LogP contribution in [0.5, 0.6) is 0 Å². The van der Waals surface area contributed by atoms with E-state index in [1.807, 2.05) is 13.8 Å². The van der Waals surface area contributed by atoms with Crippen LogP contribution in [0.15, 0.2) is 0 Å². The molecule has 0 saturated heterocycles. The van der Waals surface area contributed by atoms with Crippen molar-refractivity contribution in [1.29, 1.82) is 0 Å². The minimum absolute atomic E-state index is 0.0178. The van der Waals surface area contributed by atoms with Crippen molar-refractivity contribution in [1.82, 2.24) is 10.6 Å². The minimum atomic E-state index is -0.0623. The van der Waals surface area contributed by atoms with Gasteiger partial charge in [0.2, 0.25) is 11.8 Å². The Balaban J connectivity index is 3.45. The Hall–Kier alpha value is -1.04. The van der Waals surface area contributed by atoms with Crippen molar-refractivity contribution >= 4 is 29.4 Å². The zero-order valence-corrected chi connectivity index (χ0v) is 12.8. The van der Waals surface area contributed by atoms with Gasteiger partial charge < -0.3 is 10.6 Å². The zero-order chi connectivity index (χ0) is 14.7. The quantitative estimate of drug-likeness (QED) is 0.588. The van der Waals surface area contributed by atoms with E-state index in [2.05, 4.69) is 10.6 Å². The van der Waals surface area contributed by atoms with E-state index in [0.717, 1.165) is 0 Å². The molecule has 0 aromatic rings. The number of nitrogens with one attached hydrogen (secondary N) is 2. The van der Waals surface area contributed by atoms with Gasteiger partial charge in [0.05, 0.1) is 5.75 Å². The number of thioether (sulfide) groups is 1. The van der Waals surface area contributed by atoms with E-state index in [0.29, 0.717) is 37.4 Å². The highest BCUT2D eigenvalue weighted by molar-refractivity contribution is 7.99. The first-order chi connectivity index (χ1) is 8.97. The number of carbonyl (C=O) groups is 3. The summed E-state index contributed by atoms with van der Waals surface area (Å²) in [5.41, 5.74) is 0. The second-order valence-electron chi connectivity index (χ2n) is 4.48. The molecule has 0 unspecified atom stereocenters. The van der Waals surface area contributed by atoms with Gasteiger partial charge in [0, 0.05) is 37.6 Å². The van der Waals surface area contributed by atoms with Gasteiger partial charge >= 0.3 is 0 Å². The monoisotopic (exact) mass is 288 g/mol. The molecule has 0 fully saturated rings. The molecular weight excluding hydrogens is 264 g/mol. The molecular formula is C13H24N2O3S. The first-order valence-corrected chi connectivity index (χ1v) is 7.76. The summed E-state index contributed by atoms with van der Waals surface area (Å²) in [6, 6.07) is 0. The van der Waals surface area contributed by atoms with Crippen molar-refractivity contribution in [3.63, 3.8) is 0 Å². The van der Waals surface area contributed by atoms with Crippen LogP contribution in [-0.4, -0.2) is 42.2 Å². The highest BCUT2D eigenvalue weighted by atomic mass is 32.2. The van der Waals surface area contributed by atoms with E-state index in [9.17, 15) is 14.4 Å². The first-order valence-electron chi connectivity index (χ1n) is 6.61. The molecule has 0 aromatic heterocycles. The van der Waals surface area contributed by atoms with Gasteiger partial charge in [-0.25, -0.2) is 0 Å². The summed E-state index contributed by atoms with van der Waals surface area (Å²) in [6.07, 6.45) is 0.968. The molecule has 19 heavy (non-hydrogen) atoms. The summed E-state index contributed by atoms with van der Waals surface area (Å²) in [6.45, 7) is 6.43. The molecule has 0 spiro atoms. The van der Waals surface area contributed by atoms with E-state index < -0.39 is 0 Å². The Kier molecular flexibility index (Phi) is 10.2. The topological polar surface area (TPSA) is 75.3 Å². The van der Waals surface area contributed by atoms with E-state index >= 15 is 0 Å². The van der Waals surface area contributed by atoms with Crippen LogP contribution in [0.4, 0.5) is 0 Å². The maximum atomic E-state index is 11.4. The number of rotatable bonds is 10. The van der Waals surface area contributed by atoms with Crippen molar-refractivity contribution < 1.29 is 14.4 Å². The fourth-order valence-electron chi connectivity index (χ4n) is 1.21. The summed E-state index contributed by atoms with van der Waals surface area (Å²) in [7, 11) is 0. The maximum Gasteiger partial charge on any atom is 0.230 e. The third-order valence-corrected chi connectivity index (χ3v) is 3.42. The highest BCUT2D eigenvalue weighted by Gasteiger charge is 2.07. The van der Waals surface area contributed by atoms with Gasteiger partial charge in [-0.1, -0.05) is 20.8 Å². The molecule has 0 rings (SSSR count). The van der Waals surface area contributed by atoms with E-state index in [1.165, 1.54) is 11.8 Å². The van der Waals surface area contributed by atoms with Gasteiger partial charge in [-0.05, 0) is 0 Å². The first kappa shape index (κ1) is 18.0. The summed E-state index contributed by atoms with van der Waals surface area (Å²) >= 11 is 1.46. The van der Waals surface area contributed by atoms with Crippen molar-refractivity contribution in [3.8, 4) is 0 Å². The number of ketones is 1. The van der Waals surface area contributed by atoms with Crippen LogP contribution in [0.3, 0.4) is 0 Å². The molecule has 110 valence electrons. The normalized spacial score (nSPS) is 10.3. The van der Waals surface area contributed by atoms with Crippen molar-refractivity contribution in [3.05, 3.63) is 0 Å². The largest absolute Gasteiger partial charge is 0.354 e. The Morgan fingerprint density at radius 3 is 2.16 bits per heavy atom. The third-order valence-electron chi connectivity index (χ3n) is 2.46. The van der Waals surface area contributed by atoms with Crippen LogP contribution < -0.4 is 10.6 Å². The predicted molar refractivity (Wildman–Crippen MR) is 78.1 cm³/mol.